The lowest BCUT2D eigenvalue weighted by atomic mass is 9.31. The lowest BCUT2D eigenvalue weighted by Gasteiger charge is -2.39. The second-order valence-electron chi connectivity index (χ2n) is 11.3. The molecule has 5 rings (SSSR count). The largest absolute Gasteiger partial charge is 0.497 e. The van der Waals surface area contributed by atoms with Gasteiger partial charge in [0, 0.05) is 24.5 Å². The van der Waals surface area contributed by atoms with Crippen LogP contribution in [-0.4, -0.2) is 26.5 Å². The van der Waals surface area contributed by atoms with E-state index in [-0.39, 0.29) is 6.98 Å². The highest BCUT2D eigenvalue weighted by Gasteiger charge is 2.38. The first-order valence-electron chi connectivity index (χ1n) is 14.3. The van der Waals surface area contributed by atoms with Crippen molar-refractivity contribution in [2.24, 2.45) is 0 Å². The number of anilines is 2. The highest BCUT2D eigenvalue weighted by atomic mass is 32.1. The molecule has 40 heavy (non-hydrogen) atoms. The normalized spacial score (nSPS) is 13.0. The van der Waals surface area contributed by atoms with Crippen molar-refractivity contribution in [1.29, 1.82) is 0 Å². The molecule has 0 radical (unpaired) electrons. The van der Waals surface area contributed by atoms with Crippen LogP contribution in [0, 0.1) is 53.3 Å². The quantitative estimate of drug-likeness (QED) is 0.215. The van der Waals surface area contributed by atoms with Crippen LogP contribution in [0.2, 0.25) is 0 Å². The van der Waals surface area contributed by atoms with E-state index in [0.717, 1.165) is 67.0 Å². The number of para-hydroxylation sites is 2. The third kappa shape index (κ3) is 4.65. The molecule has 6 heteroatoms. The first kappa shape index (κ1) is 28.1. The van der Waals surface area contributed by atoms with Crippen LogP contribution >= 0.6 is 11.3 Å². The van der Waals surface area contributed by atoms with Crippen LogP contribution in [0.4, 0.5) is 15.7 Å². The topological polar surface area (TPSA) is 6.48 Å². The summed E-state index contributed by atoms with van der Waals surface area (Å²) in [6.45, 7) is 18.4. The lowest BCUT2D eigenvalue weighted by Crippen LogP contribution is -2.66. The molecule has 0 bridgehead atoms. The Balaban J connectivity index is 1.63. The number of thiophene rings is 1. The van der Waals surface area contributed by atoms with Crippen molar-refractivity contribution in [2.45, 2.75) is 55.4 Å². The Morgan fingerprint density at radius 3 is 1.60 bits per heavy atom. The number of nitrogens with zero attached hydrogens (tertiary/aromatic N) is 2. The number of rotatable bonds is 5. The Kier molecular flexibility index (Phi) is 7.64. The lowest BCUT2D eigenvalue weighted by molar-refractivity contribution is 0.840. The summed E-state index contributed by atoms with van der Waals surface area (Å²) in [5.41, 5.74) is 10.4. The number of fused-ring (bicyclic) bond motifs is 1. The molecule has 0 N–H and O–H groups in total. The minimum Gasteiger partial charge on any atom is -0.497 e. The van der Waals surface area contributed by atoms with Gasteiger partial charge in [0.05, 0.1) is 4.88 Å². The predicted molar refractivity (Wildman–Crippen MR) is 177 cm³/mol. The van der Waals surface area contributed by atoms with Gasteiger partial charge in [-0.25, -0.2) is 0 Å². The summed E-state index contributed by atoms with van der Waals surface area (Å²) in [5.74, 6) is 7.00. The average molecular weight is 547 g/mol. The van der Waals surface area contributed by atoms with Crippen LogP contribution in [-0.2, 0) is 0 Å². The fourth-order valence-electron chi connectivity index (χ4n) is 7.06. The van der Waals surface area contributed by atoms with Gasteiger partial charge in [-0.05, 0) is 73.6 Å². The van der Waals surface area contributed by atoms with Crippen molar-refractivity contribution in [3.05, 3.63) is 98.9 Å². The molecule has 0 saturated heterocycles. The van der Waals surface area contributed by atoms with Crippen molar-refractivity contribution >= 4 is 51.8 Å². The van der Waals surface area contributed by atoms with Gasteiger partial charge in [0.15, 0.2) is 0 Å². The molecule has 2 heterocycles. The van der Waals surface area contributed by atoms with E-state index in [4.69, 9.17) is 0 Å². The molecule has 1 aliphatic heterocycles. The van der Waals surface area contributed by atoms with E-state index in [2.05, 4.69) is 125 Å². The summed E-state index contributed by atoms with van der Waals surface area (Å²) < 4.78 is 19.0. The Hall–Kier alpha value is -3.42. The zero-order valence-corrected chi connectivity index (χ0v) is 25.8. The molecule has 1 aliphatic rings. The number of halogens is 1. The molecular formula is C34H38B2FN2S-. The van der Waals surface area contributed by atoms with Crippen molar-refractivity contribution in [1.82, 2.24) is 0 Å². The Morgan fingerprint density at radius 1 is 0.725 bits per heavy atom. The maximum atomic E-state index is 18.3. The highest BCUT2D eigenvalue weighted by Crippen LogP contribution is 2.37. The van der Waals surface area contributed by atoms with Gasteiger partial charge in [-0.3, -0.25) is 0 Å². The third-order valence-electron chi connectivity index (χ3n) is 8.39. The molecule has 2 nitrogen and oxygen atoms in total. The second-order valence-corrected chi connectivity index (χ2v) is 12.4. The van der Waals surface area contributed by atoms with Crippen molar-refractivity contribution in [2.75, 3.05) is 22.7 Å². The number of aryl methyl sites for hydroxylation is 6. The van der Waals surface area contributed by atoms with E-state index in [1.165, 1.54) is 22.7 Å². The molecular weight excluding hydrogens is 509 g/mol. The Bertz CT molecular complexity index is 1510. The van der Waals surface area contributed by atoms with Crippen LogP contribution in [0.5, 0.6) is 0 Å². The minimum absolute atomic E-state index is 0.0400. The Morgan fingerprint density at radius 2 is 1.18 bits per heavy atom. The van der Waals surface area contributed by atoms with Crippen molar-refractivity contribution < 1.29 is 4.32 Å². The molecule has 0 aliphatic carbocycles. The van der Waals surface area contributed by atoms with Gasteiger partial charge in [0.1, 0.15) is 0 Å². The fraction of sp³-hybridized carbons (Fsp3) is 0.294. The van der Waals surface area contributed by atoms with Crippen LogP contribution in [0.25, 0.3) is 0 Å². The molecule has 0 unspecified atom stereocenters. The predicted octanol–water partition coefficient (Wildman–Crippen LogP) is 6.28. The van der Waals surface area contributed by atoms with Gasteiger partial charge in [-0.2, -0.15) is 22.3 Å². The van der Waals surface area contributed by atoms with Crippen LogP contribution < -0.4 is 25.3 Å². The van der Waals surface area contributed by atoms with Gasteiger partial charge in [0.25, 0.3) is 0 Å². The van der Waals surface area contributed by atoms with Crippen molar-refractivity contribution in [3.63, 3.8) is 0 Å². The smallest absolute Gasteiger partial charge is 0.466 e. The van der Waals surface area contributed by atoms with Crippen molar-refractivity contribution in [3.8, 4) is 11.7 Å². The SMILES string of the molecule is CCN1B(C#Cc2ccc([B-](F)(c3c(C)cc(C)cc3C)c3c(C)cc(C)cc3C)s2)N(CC)c2ccccc21. The zero-order valence-electron chi connectivity index (χ0n) is 25.0. The van der Waals surface area contributed by atoms with Crippen LogP contribution in [0.15, 0.2) is 60.7 Å². The fourth-order valence-corrected chi connectivity index (χ4v) is 8.09. The average Bonchev–Trinajstić information content (AvgIpc) is 3.48. The first-order chi connectivity index (χ1) is 19.1. The standard InChI is InChI=1S/C34H38B2FN2S/c1-9-38-30-13-11-12-14-31(30)39(10-2)35(38)18-17-29-15-16-32(40-29)36(37,33-25(5)19-23(3)20-26(33)6)34-27(7)21-24(4)22-28(34)8/h11-16,19-22H,9-10H2,1-8H3/q-1. The van der Waals surface area contributed by atoms with Gasteiger partial charge >= 0.3 is 6.98 Å². The molecule has 4 aromatic rings. The van der Waals surface area contributed by atoms with E-state index < -0.39 is 6.42 Å². The second kappa shape index (κ2) is 10.9. The molecule has 0 fully saturated rings. The maximum Gasteiger partial charge on any atom is 0.466 e. The van der Waals surface area contributed by atoms with Gasteiger partial charge in [-0.15, -0.1) is 4.78 Å². The highest BCUT2D eigenvalue weighted by molar-refractivity contribution is 7.31. The summed E-state index contributed by atoms with van der Waals surface area (Å²) in [7, 11) is 0. The molecule has 204 valence electrons. The van der Waals surface area contributed by atoms with Gasteiger partial charge < -0.3 is 13.9 Å². The summed E-state index contributed by atoms with van der Waals surface area (Å²) in [6, 6.07) is 21.0. The molecule has 0 saturated carbocycles. The zero-order chi connectivity index (χ0) is 28.8. The summed E-state index contributed by atoms with van der Waals surface area (Å²) in [6.07, 6.45) is -2.69. The summed E-state index contributed by atoms with van der Waals surface area (Å²) >= 11 is 1.50. The summed E-state index contributed by atoms with van der Waals surface area (Å²) in [5, 5.41) is 0. The van der Waals surface area contributed by atoms with E-state index in [1.54, 1.807) is 0 Å². The number of hydrogen-bond acceptors (Lipinski definition) is 3. The van der Waals surface area contributed by atoms with Gasteiger partial charge in [0.2, 0.25) is 6.42 Å². The molecule has 0 atom stereocenters. The number of benzene rings is 3. The van der Waals surface area contributed by atoms with E-state index in [1.807, 2.05) is 12.1 Å². The molecule has 3 aromatic carbocycles. The van der Waals surface area contributed by atoms with E-state index in [0.29, 0.717) is 0 Å². The third-order valence-corrected chi connectivity index (χ3v) is 9.54. The molecule has 1 aromatic heterocycles. The van der Waals surface area contributed by atoms with Crippen LogP contribution in [0.1, 0.15) is 52.1 Å². The first-order valence-corrected chi connectivity index (χ1v) is 15.2. The van der Waals surface area contributed by atoms with Gasteiger partial charge in [-0.1, -0.05) is 87.6 Å². The maximum absolute atomic E-state index is 18.3. The van der Waals surface area contributed by atoms with E-state index >= 15 is 4.32 Å². The monoisotopic (exact) mass is 547 g/mol. The van der Waals surface area contributed by atoms with E-state index in [9.17, 15) is 0 Å². The Labute approximate surface area is 244 Å². The minimum atomic E-state index is -2.69. The summed E-state index contributed by atoms with van der Waals surface area (Å²) in [4.78, 5) is 5.59. The molecule has 0 spiro atoms. The molecule has 0 amide bonds. The van der Waals surface area contributed by atoms with Crippen LogP contribution in [0.3, 0.4) is 0 Å². The number of hydrogen-bond donors (Lipinski definition) is 0.